The number of nitrogens with one attached hydrogen (secondary N) is 1. The molecule has 0 aliphatic carbocycles. The second kappa shape index (κ2) is 12.0. The minimum absolute atomic E-state index is 0.133. The van der Waals surface area contributed by atoms with Gasteiger partial charge >= 0.3 is 0 Å². The average molecular weight is 538 g/mol. The quantitative estimate of drug-likeness (QED) is 0.329. The average Bonchev–Trinajstić information content (AvgIpc) is 2.78. The fraction of sp³-hybridized carbons (Fsp3) is 0.240. The van der Waals surface area contributed by atoms with Crippen LogP contribution < -0.4 is 9.62 Å². The molecule has 0 unspecified atom stereocenters. The molecule has 1 N–H and O–H groups in total. The van der Waals surface area contributed by atoms with E-state index in [1.54, 1.807) is 60.3 Å². The lowest BCUT2D eigenvalue weighted by Crippen LogP contribution is -2.41. The van der Waals surface area contributed by atoms with E-state index in [9.17, 15) is 13.2 Å². The monoisotopic (exact) mass is 536 g/mol. The van der Waals surface area contributed by atoms with Crippen LogP contribution in [0.1, 0.15) is 16.7 Å². The fourth-order valence-electron chi connectivity index (χ4n) is 3.42. The number of rotatable bonds is 10. The summed E-state index contributed by atoms with van der Waals surface area (Å²) in [6.45, 7) is 3.86. The molecule has 3 aromatic rings. The zero-order valence-corrected chi connectivity index (χ0v) is 22.1. The lowest BCUT2D eigenvalue weighted by Gasteiger charge is -2.25. The van der Waals surface area contributed by atoms with Gasteiger partial charge in [0.25, 0.3) is 10.0 Å². The Hall–Kier alpha value is -2.19. The lowest BCUT2D eigenvalue weighted by molar-refractivity contribution is -0.119. The maximum atomic E-state index is 13.4. The lowest BCUT2D eigenvalue weighted by atomic mass is 10.1. The number of hydrogen-bond acceptors (Lipinski definition) is 4. The van der Waals surface area contributed by atoms with Crippen molar-refractivity contribution in [2.75, 3.05) is 23.1 Å². The molecule has 3 rings (SSSR count). The van der Waals surface area contributed by atoms with Crippen LogP contribution in [0.15, 0.2) is 71.6 Å². The first-order valence-corrected chi connectivity index (χ1v) is 14.0. The molecule has 0 aliphatic rings. The maximum absolute atomic E-state index is 13.4. The number of halogens is 2. The van der Waals surface area contributed by atoms with Crippen molar-refractivity contribution in [2.45, 2.75) is 24.5 Å². The molecule has 5 nitrogen and oxygen atoms in total. The first kappa shape index (κ1) is 26.4. The molecule has 0 bridgehead atoms. The van der Waals surface area contributed by atoms with Crippen molar-refractivity contribution in [3.05, 3.63) is 93.5 Å². The van der Waals surface area contributed by atoms with Gasteiger partial charge in [0.2, 0.25) is 5.91 Å². The molecule has 0 aromatic heterocycles. The van der Waals surface area contributed by atoms with E-state index in [4.69, 9.17) is 23.2 Å². The van der Waals surface area contributed by atoms with Gasteiger partial charge in [0.05, 0.1) is 10.6 Å². The molecule has 3 aromatic carbocycles. The third-order valence-corrected chi connectivity index (χ3v) is 8.47. The van der Waals surface area contributed by atoms with E-state index in [1.807, 2.05) is 19.9 Å². The molecular formula is C25H26Cl2N2O3S2. The minimum Gasteiger partial charge on any atom is -0.354 e. The number of carbonyl (C=O) groups is 1. The Kier molecular flexibility index (Phi) is 9.31. The van der Waals surface area contributed by atoms with Crippen molar-refractivity contribution >= 4 is 56.6 Å². The molecule has 9 heteroatoms. The highest BCUT2D eigenvalue weighted by molar-refractivity contribution is 7.98. The van der Waals surface area contributed by atoms with Crippen LogP contribution in [0.2, 0.25) is 10.0 Å². The third-order valence-electron chi connectivity index (χ3n) is 4.99. The van der Waals surface area contributed by atoms with Gasteiger partial charge in [-0.2, -0.15) is 11.8 Å². The van der Waals surface area contributed by atoms with Gasteiger partial charge < -0.3 is 5.32 Å². The number of aryl methyl sites for hydroxylation is 2. The predicted octanol–water partition coefficient (Wildman–Crippen LogP) is 5.86. The van der Waals surface area contributed by atoms with Gasteiger partial charge in [-0.05, 0) is 66.9 Å². The maximum Gasteiger partial charge on any atom is 0.264 e. The Bertz CT molecular complexity index is 1210. The van der Waals surface area contributed by atoms with Crippen molar-refractivity contribution in [1.82, 2.24) is 5.32 Å². The van der Waals surface area contributed by atoms with E-state index in [0.29, 0.717) is 33.8 Å². The number of sulfonamides is 1. The molecule has 0 spiro atoms. The highest BCUT2D eigenvalue weighted by Crippen LogP contribution is 2.28. The Balaban J connectivity index is 1.67. The smallest absolute Gasteiger partial charge is 0.264 e. The van der Waals surface area contributed by atoms with Crippen molar-refractivity contribution < 1.29 is 13.2 Å². The molecule has 1 amide bonds. The summed E-state index contributed by atoms with van der Waals surface area (Å²) >= 11 is 14.0. The number of nitrogens with zero attached hydrogens (tertiary/aromatic N) is 1. The molecule has 0 atom stereocenters. The van der Waals surface area contributed by atoms with E-state index in [1.165, 1.54) is 12.1 Å². The van der Waals surface area contributed by atoms with Gasteiger partial charge in [0.1, 0.15) is 6.54 Å². The van der Waals surface area contributed by atoms with Crippen LogP contribution in [0.5, 0.6) is 0 Å². The van der Waals surface area contributed by atoms with Crippen LogP contribution >= 0.6 is 35.0 Å². The van der Waals surface area contributed by atoms with E-state index in [0.717, 1.165) is 21.0 Å². The summed E-state index contributed by atoms with van der Waals surface area (Å²) in [5, 5.41) is 4.04. The zero-order chi connectivity index (χ0) is 24.7. The van der Waals surface area contributed by atoms with E-state index >= 15 is 0 Å². The second-order valence-electron chi connectivity index (χ2n) is 7.77. The van der Waals surface area contributed by atoms with Crippen LogP contribution in [0.3, 0.4) is 0 Å². The van der Waals surface area contributed by atoms with Gasteiger partial charge in [-0.25, -0.2) is 8.42 Å². The number of hydrogen-bond donors (Lipinski definition) is 1. The van der Waals surface area contributed by atoms with Gasteiger partial charge in [-0.1, -0.05) is 53.5 Å². The summed E-state index contributed by atoms with van der Waals surface area (Å²) in [4.78, 5) is 12.9. The summed E-state index contributed by atoms with van der Waals surface area (Å²) in [5.41, 5.74) is 3.15. The molecule has 34 heavy (non-hydrogen) atoms. The predicted molar refractivity (Wildman–Crippen MR) is 143 cm³/mol. The first-order valence-electron chi connectivity index (χ1n) is 10.6. The summed E-state index contributed by atoms with van der Waals surface area (Å²) < 4.78 is 28.0. The van der Waals surface area contributed by atoms with Crippen LogP contribution in [-0.2, 0) is 20.6 Å². The second-order valence-corrected chi connectivity index (χ2v) is 11.6. The normalized spacial score (nSPS) is 11.3. The van der Waals surface area contributed by atoms with Crippen molar-refractivity contribution in [1.29, 1.82) is 0 Å². The largest absolute Gasteiger partial charge is 0.354 e. The van der Waals surface area contributed by atoms with Gasteiger partial charge in [-0.15, -0.1) is 0 Å². The van der Waals surface area contributed by atoms with E-state index in [2.05, 4.69) is 5.32 Å². The zero-order valence-electron chi connectivity index (χ0n) is 18.9. The van der Waals surface area contributed by atoms with Gasteiger partial charge in [0, 0.05) is 28.1 Å². The molecule has 0 heterocycles. The van der Waals surface area contributed by atoms with Crippen LogP contribution in [-0.4, -0.2) is 33.2 Å². The molecule has 180 valence electrons. The number of thioether (sulfide) groups is 1. The highest BCUT2D eigenvalue weighted by atomic mass is 35.5. The summed E-state index contributed by atoms with van der Waals surface area (Å²) in [6, 6.07) is 19.0. The van der Waals surface area contributed by atoms with Gasteiger partial charge in [0.15, 0.2) is 0 Å². The number of benzene rings is 3. The summed E-state index contributed by atoms with van der Waals surface area (Å²) in [6.07, 6.45) is 0. The summed E-state index contributed by atoms with van der Waals surface area (Å²) in [5.74, 6) is 0.864. The van der Waals surface area contributed by atoms with Crippen molar-refractivity contribution in [3.63, 3.8) is 0 Å². The highest BCUT2D eigenvalue weighted by Gasteiger charge is 2.27. The Labute approximate surface area is 215 Å². The van der Waals surface area contributed by atoms with E-state index < -0.39 is 10.0 Å². The molecule has 0 saturated carbocycles. The molecule has 0 fully saturated rings. The molecule has 0 saturated heterocycles. The minimum atomic E-state index is -3.93. The third kappa shape index (κ3) is 6.92. The van der Waals surface area contributed by atoms with Crippen LogP contribution in [0.4, 0.5) is 5.69 Å². The standard InChI is InChI=1S/C25H26Cl2N2O3S2/c1-18-13-19(2)15-20(14-18)29(34(31,32)21-7-4-3-5-8-21)16-25(30)28-11-12-33-17-22-23(26)9-6-10-24(22)27/h3-10,13-15H,11-12,16-17H2,1-2H3,(H,28,30). The molecule has 0 radical (unpaired) electrons. The Morgan fingerprint density at radius 2 is 1.56 bits per heavy atom. The number of anilines is 1. The Morgan fingerprint density at radius 3 is 2.18 bits per heavy atom. The van der Waals surface area contributed by atoms with Crippen molar-refractivity contribution in [2.24, 2.45) is 0 Å². The SMILES string of the molecule is Cc1cc(C)cc(N(CC(=O)NCCSCc2c(Cl)cccc2Cl)S(=O)(=O)c2ccccc2)c1. The topological polar surface area (TPSA) is 66.5 Å². The summed E-state index contributed by atoms with van der Waals surface area (Å²) in [7, 11) is -3.93. The first-order chi connectivity index (χ1) is 16.2. The van der Waals surface area contributed by atoms with E-state index in [-0.39, 0.29) is 17.3 Å². The Morgan fingerprint density at radius 1 is 0.941 bits per heavy atom. The van der Waals surface area contributed by atoms with Gasteiger partial charge in [-0.3, -0.25) is 9.10 Å². The number of carbonyl (C=O) groups excluding carboxylic acids is 1. The van der Waals surface area contributed by atoms with Crippen LogP contribution in [0.25, 0.3) is 0 Å². The fourth-order valence-corrected chi connectivity index (χ4v) is 6.44. The molecule has 0 aliphatic heterocycles. The van der Waals surface area contributed by atoms with Crippen LogP contribution in [0, 0.1) is 13.8 Å². The molecular weight excluding hydrogens is 511 g/mol. The number of amides is 1. The van der Waals surface area contributed by atoms with Crippen molar-refractivity contribution in [3.8, 4) is 0 Å².